The lowest BCUT2D eigenvalue weighted by Crippen LogP contribution is -2.52. The van der Waals surface area contributed by atoms with Crippen molar-refractivity contribution in [3.8, 4) is 11.5 Å². The summed E-state index contributed by atoms with van der Waals surface area (Å²) in [5.41, 5.74) is 0. The molecule has 0 aliphatic rings. The molecule has 0 atom stereocenters. The van der Waals surface area contributed by atoms with Crippen LogP contribution in [0, 0.1) is 0 Å². The van der Waals surface area contributed by atoms with Gasteiger partial charge in [0.25, 0.3) is 0 Å². The summed E-state index contributed by atoms with van der Waals surface area (Å²) in [6.07, 6.45) is 0. The Balaban J connectivity index is 2.15. The molecule has 0 aliphatic carbocycles. The fraction of sp³-hybridized carbons (Fsp3) is 0.125. The van der Waals surface area contributed by atoms with Crippen LogP contribution in [-0.2, 0) is 9.59 Å². The molecule has 0 amide bonds. The summed E-state index contributed by atoms with van der Waals surface area (Å²) in [7, 11) is 0. The van der Waals surface area contributed by atoms with E-state index in [1.54, 1.807) is 60.7 Å². The van der Waals surface area contributed by atoms with E-state index in [1.165, 1.54) is 0 Å². The van der Waals surface area contributed by atoms with E-state index in [0.717, 1.165) is 0 Å². The second-order valence-electron chi connectivity index (χ2n) is 4.75. The molecular weight excluding hydrogens is 384 g/mol. The molecule has 0 aromatic heterocycles. The summed E-state index contributed by atoms with van der Waals surface area (Å²) >= 11 is 16.5. The minimum Gasteiger partial charge on any atom is -0.425 e. The quantitative estimate of drug-likeness (QED) is 0.270. The molecule has 8 heteroatoms. The molecule has 0 heterocycles. The molecule has 0 radical (unpaired) electrons. The van der Waals surface area contributed by atoms with Gasteiger partial charge in [0, 0.05) is 0 Å². The van der Waals surface area contributed by atoms with Crippen molar-refractivity contribution in [1.82, 2.24) is 0 Å². The van der Waals surface area contributed by atoms with E-state index in [1.807, 2.05) is 0 Å². The third-order valence-corrected chi connectivity index (χ3v) is 5.74. The lowest BCUT2D eigenvalue weighted by molar-refractivity contribution is -0.141. The first-order valence-electron chi connectivity index (χ1n) is 6.69. The molecule has 2 aromatic carbocycles. The summed E-state index contributed by atoms with van der Waals surface area (Å²) in [4.78, 5) is 24.7. The Morgan fingerprint density at radius 2 is 0.917 bits per heavy atom. The van der Waals surface area contributed by atoms with Gasteiger partial charge in [-0.05, 0) is 24.3 Å². The number of para-hydroxylation sites is 2. The molecule has 2 aromatic rings. The Kier molecular flexibility index (Phi) is 6.19. The van der Waals surface area contributed by atoms with Crippen molar-refractivity contribution in [2.45, 2.75) is 8.16 Å². The van der Waals surface area contributed by atoms with Gasteiger partial charge in [-0.25, -0.2) is 9.59 Å². The number of carbonyl (C=O) groups is 2. The molecule has 0 spiro atoms. The Morgan fingerprint density at radius 1 is 0.625 bits per heavy atom. The van der Waals surface area contributed by atoms with E-state index in [2.05, 4.69) is 50.5 Å². The van der Waals surface area contributed by atoms with E-state index in [-0.39, 0.29) is 11.5 Å². The molecule has 126 valence electrons. The van der Waals surface area contributed by atoms with Crippen LogP contribution in [0.1, 0.15) is 0 Å². The molecule has 0 N–H and O–H groups in total. The number of hydrogen-bond donors (Lipinski definition) is 4. The van der Waals surface area contributed by atoms with Gasteiger partial charge in [0.1, 0.15) is 11.5 Å². The van der Waals surface area contributed by atoms with Crippen LogP contribution in [0.25, 0.3) is 0 Å². The lowest BCUT2D eigenvalue weighted by Gasteiger charge is -2.33. The smallest absolute Gasteiger partial charge is 0.340 e. The second kappa shape index (κ2) is 7.77. The zero-order chi connectivity index (χ0) is 17.8. The standard InChI is InChI=1S/C16H14O4S4/c17-13(19-11-7-3-1-4-8-11)15(21,22)16(23,24)14(18)20-12-9-5-2-6-10-12/h1-10,21-24H. The highest BCUT2D eigenvalue weighted by Gasteiger charge is 2.56. The van der Waals surface area contributed by atoms with Crippen molar-refractivity contribution in [2.24, 2.45) is 0 Å². The Hall–Kier alpha value is -1.22. The number of benzene rings is 2. The zero-order valence-electron chi connectivity index (χ0n) is 12.2. The summed E-state index contributed by atoms with van der Waals surface area (Å²) < 4.78 is 6.42. The molecule has 0 unspecified atom stereocenters. The van der Waals surface area contributed by atoms with E-state index in [0.29, 0.717) is 0 Å². The molecular formula is C16H14O4S4. The van der Waals surface area contributed by atoms with Gasteiger partial charge in [-0.2, -0.15) is 0 Å². The van der Waals surface area contributed by atoms with Crippen molar-refractivity contribution >= 4 is 62.5 Å². The van der Waals surface area contributed by atoms with Crippen LogP contribution >= 0.6 is 50.5 Å². The Bertz CT molecular complexity index is 654. The maximum atomic E-state index is 12.4. The van der Waals surface area contributed by atoms with Gasteiger partial charge in [0.15, 0.2) is 8.16 Å². The van der Waals surface area contributed by atoms with Crippen LogP contribution in [0.2, 0.25) is 0 Å². The zero-order valence-corrected chi connectivity index (χ0v) is 15.8. The predicted molar refractivity (Wildman–Crippen MR) is 106 cm³/mol. The molecule has 2 rings (SSSR count). The minimum atomic E-state index is -1.96. The third kappa shape index (κ3) is 4.24. The van der Waals surface area contributed by atoms with E-state index in [4.69, 9.17) is 9.47 Å². The van der Waals surface area contributed by atoms with Crippen LogP contribution in [-0.4, -0.2) is 20.1 Å². The topological polar surface area (TPSA) is 52.6 Å². The minimum absolute atomic E-state index is 0.281. The van der Waals surface area contributed by atoms with Crippen molar-refractivity contribution in [3.63, 3.8) is 0 Å². The third-order valence-electron chi connectivity index (χ3n) is 2.96. The first-order chi connectivity index (χ1) is 11.2. The summed E-state index contributed by atoms with van der Waals surface area (Å²) in [6, 6.07) is 16.6. The Labute approximate surface area is 161 Å². The fourth-order valence-corrected chi connectivity index (χ4v) is 2.17. The normalized spacial score (nSPS) is 11.7. The SMILES string of the molecule is O=C(Oc1ccccc1)C(S)(S)C(S)(S)C(=O)Oc1ccccc1. The van der Waals surface area contributed by atoms with Crippen LogP contribution in [0.15, 0.2) is 60.7 Å². The summed E-state index contributed by atoms with van der Waals surface area (Å²) in [6.45, 7) is 0. The average Bonchev–Trinajstić information content (AvgIpc) is 2.56. The van der Waals surface area contributed by atoms with Crippen LogP contribution in [0.3, 0.4) is 0 Å². The number of rotatable bonds is 5. The first kappa shape index (κ1) is 19.1. The van der Waals surface area contributed by atoms with Crippen molar-refractivity contribution in [2.75, 3.05) is 0 Å². The van der Waals surface area contributed by atoms with Crippen LogP contribution < -0.4 is 9.47 Å². The largest absolute Gasteiger partial charge is 0.425 e. The first-order valence-corrected chi connectivity index (χ1v) is 8.48. The van der Waals surface area contributed by atoms with Gasteiger partial charge < -0.3 is 9.47 Å². The molecule has 0 fully saturated rings. The van der Waals surface area contributed by atoms with Crippen molar-refractivity contribution < 1.29 is 19.1 Å². The van der Waals surface area contributed by atoms with Gasteiger partial charge >= 0.3 is 11.9 Å². The Morgan fingerprint density at radius 3 is 1.21 bits per heavy atom. The molecule has 0 saturated heterocycles. The second-order valence-corrected chi connectivity index (χ2v) is 8.14. The highest BCUT2D eigenvalue weighted by atomic mass is 32.2. The molecule has 24 heavy (non-hydrogen) atoms. The highest BCUT2D eigenvalue weighted by molar-refractivity contribution is 8.09. The van der Waals surface area contributed by atoms with Crippen molar-refractivity contribution in [3.05, 3.63) is 60.7 Å². The van der Waals surface area contributed by atoms with Gasteiger partial charge in [-0.3, -0.25) is 0 Å². The van der Waals surface area contributed by atoms with E-state index >= 15 is 0 Å². The lowest BCUT2D eigenvalue weighted by atomic mass is 10.2. The van der Waals surface area contributed by atoms with E-state index < -0.39 is 20.1 Å². The number of ether oxygens (including phenoxy) is 2. The maximum absolute atomic E-state index is 12.4. The monoisotopic (exact) mass is 398 g/mol. The van der Waals surface area contributed by atoms with Crippen LogP contribution in [0.5, 0.6) is 11.5 Å². The van der Waals surface area contributed by atoms with Gasteiger partial charge in [0.2, 0.25) is 0 Å². The predicted octanol–water partition coefficient (Wildman–Crippen LogP) is 3.31. The molecule has 0 bridgehead atoms. The summed E-state index contributed by atoms with van der Waals surface area (Å²) in [5, 5.41) is 0. The number of esters is 2. The van der Waals surface area contributed by atoms with Crippen LogP contribution in [0.4, 0.5) is 0 Å². The fourth-order valence-electron chi connectivity index (χ4n) is 1.62. The maximum Gasteiger partial charge on any atom is 0.340 e. The highest BCUT2D eigenvalue weighted by Crippen LogP contribution is 2.43. The van der Waals surface area contributed by atoms with Gasteiger partial charge in [-0.1, -0.05) is 36.4 Å². The number of carbonyl (C=O) groups excluding carboxylic acids is 2. The number of thiol groups is 4. The molecule has 4 nitrogen and oxygen atoms in total. The molecule has 0 aliphatic heterocycles. The average molecular weight is 399 g/mol. The van der Waals surface area contributed by atoms with Gasteiger partial charge in [-0.15, -0.1) is 50.5 Å². The molecule has 0 saturated carbocycles. The van der Waals surface area contributed by atoms with Gasteiger partial charge in [0.05, 0.1) is 0 Å². The number of hydrogen-bond acceptors (Lipinski definition) is 8. The summed E-state index contributed by atoms with van der Waals surface area (Å²) in [5.74, 6) is -1.25. The van der Waals surface area contributed by atoms with Crippen molar-refractivity contribution in [1.29, 1.82) is 0 Å². The van der Waals surface area contributed by atoms with E-state index in [9.17, 15) is 9.59 Å².